The number of nitrogens with two attached hydrogens (primary N) is 1. The smallest absolute Gasteiger partial charge is 0.181 e. The molecular formula is C14H15N5O. The Bertz CT molecular complexity index is 684. The number of fused-ring (bicyclic) bond motifs is 1. The first-order valence-electron chi connectivity index (χ1n) is 5.95. The third kappa shape index (κ3) is 3.11. The molecule has 0 aliphatic rings. The Balaban J connectivity index is 2.21. The Morgan fingerprint density at radius 1 is 1.40 bits per heavy atom. The van der Waals surface area contributed by atoms with Gasteiger partial charge in [0, 0.05) is 6.07 Å². The summed E-state index contributed by atoms with van der Waals surface area (Å²) in [6.07, 6.45) is 8.95. The van der Waals surface area contributed by atoms with Crippen molar-refractivity contribution < 1.29 is 4.74 Å². The van der Waals surface area contributed by atoms with Gasteiger partial charge in [0.15, 0.2) is 16.9 Å². The number of pyridine rings is 1. The first-order valence-corrected chi connectivity index (χ1v) is 5.95. The molecule has 2 rings (SSSR count). The van der Waals surface area contributed by atoms with E-state index < -0.39 is 0 Å². The number of anilines is 1. The number of aromatic nitrogens is 4. The summed E-state index contributed by atoms with van der Waals surface area (Å²) in [6, 6.07) is 1.62. The van der Waals surface area contributed by atoms with Gasteiger partial charge in [-0.25, -0.2) is 10.1 Å². The minimum absolute atomic E-state index is 0.342. The molecule has 102 valence electrons. The van der Waals surface area contributed by atoms with E-state index in [1.165, 1.54) is 0 Å². The van der Waals surface area contributed by atoms with Crippen LogP contribution in [0, 0.1) is 0 Å². The molecule has 0 aliphatic carbocycles. The SMILES string of the molecule is C=C/C=C\C(=C/C=C)COc1cc(N)nc2[nH]nnc12. The molecule has 0 bridgehead atoms. The number of hydrogen-bond donors (Lipinski definition) is 2. The highest BCUT2D eigenvalue weighted by molar-refractivity contribution is 5.78. The van der Waals surface area contributed by atoms with Gasteiger partial charge in [-0.3, -0.25) is 0 Å². The molecule has 0 unspecified atom stereocenters. The lowest BCUT2D eigenvalue weighted by Crippen LogP contribution is -2.02. The maximum Gasteiger partial charge on any atom is 0.181 e. The highest BCUT2D eigenvalue weighted by atomic mass is 16.5. The van der Waals surface area contributed by atoms with Crippen LogP contribution in [0.2, 0.25) is 0 Å². The monoisotopic (exact) mass is 269 g/mol. The summed E-state index contributed by atoms with van der Waals surface area (Å²) in [4.78, 5) is 4.07. The number of ether oxygens (including phenoxy) is 1. The number of rotatable bonds is 6. The number of aromatic amines is 1. The van der Waals surface area contributed by atoms with Crippen LogP contribution >= 0.6 is 0 Å². The zero-order valence-electron chi connectivity index (χ0n) is 10.9. The highest BCUT2D eigenvalue weighted by Crippen LogP contribution is 2.23. The van der Waals surface area contributed by atoms with Gasteiger partial charge in [-0.15, -0.1) is 5.10 Å². The summed E-state index contributed by atoms with van der Waals surface area (Å²) in [6.45, 7) is 7.65. The lowest BCUT2D eigenvalue weighted by atomic mass is 10.2. The van der Waals surface area contributed by atoms with Crippen LogP contribution in [-0.2, 0) is 0 Å². The van der Waals surface area contributed by atoms with Crippen LogP contribution in [0.3, 0.4) is 0 Å². The Morgan fingerprint density at radius 2 is 2.25 bits per heavy atom. The fourth-order valence-electron chi connectivity index (χ4n) is 1.60. The first kappa shape index (κ1) is 13.5. The van der Waals surface area contributed by atoms with Crippen molar-refractivity contribution >= 4 is 17.0 Å². The molecule has 0 aliphatic heterocycles. The summed E-state index contributed by atoms with van der Waals surface area (Å²) in [7, 11) is 0. The van der Waals surface area contributed by atoms with Gasteiger partial charge < -0.3 is 10.5 Å². The molecule has 2 aromatic rings. The van der Waals surface area contributed by atoms with Gasteiger partial charge in [-0.2, -0.15) is 0 Å². The number of hydrogen-bond acceptors (Lipinski definition) is 5. The van der Waals surface area contributed by atoms with Crippen LogP contribution in [0.15, 0.2) is 55.2 Å². The van der Waals surface area contributed by atoms with Crippen molar-refractivity contribution in [1.82, 2.24) is 20.4 Å². The van der Waals surface area contributed by atoms with E-state index in [0.717, 1.165) is 5.57 Å². The fraction of sp³-hybridized carbons (Fsp3) is 0.0714. The van der Waals surface area contributed by atoms with Crippen molar-refractivity contribution in [2.75, 3.05) is 12.3 Å². The van der Waals surface area contributed by atoms with Gasteiger partial charge in [0.05, 0.1) is 0 Å². The minimum atomic E-state index is 0.342. The zero-order chi connectivity index (χ0) is 14.4. The zero-order valence-corrected chi connectivity index (χ0v) is 10.9. The van der Waals surface area contributed by atoms with Crippen LogP contribution in [0.5, 0.6) is 5.75 Å². The molecule has 0 atom stereocenters. The standard InChI is InChI=1S/C14H15N5O/c1-3-5-7-10(6-4-2)9-20-11-8-12(15)16-14-13(11)17-19-18-14/h3-8H,1-2,9H2,(H3,15,16,17,18,19)/b7-5-,10-6+. The van der Waals surface area contributed by atoms with E-state index in [0.29, 0.717) is 29.3 Å². The molecule has 2 heterocycles. The molecule has 20 heavy (non-hydrogen) atoms. The minimum Gasteiger partial charge on any atom is -0.486 e. The van der Waals surface area contributed by atoms with Gasteiger partial charge in [0.2, 0.25) is 0 Å². The van der Waals surface area contributed by atoms with Crippen LogP contribution in [0.4, 0.5) is 5.82 Å². The van der Waals surface area contributed by atoms with Crippen molar-refractivity contribution in [3.8, 4) is 5.75 Å². The molecule has 0 saturated carbocycles. The summed E-state index contributed by atoms with van der Waals surface area (Å²) in [5, 5.41) is 10.3. The van der Waals surface area contributed by atoms with Crippen molar-refractivity contribution in [2.24, 2.45) is 0 Å². The van der Waals surface area contributed by atoms with Crippen molar-refractivity contribution in [3.63, 3.8) is 0 Å². The molecule has 3 N–H and O–H groups in total. The summed E-state index contributed by atoms with van der Waals surface area (Å²) in [5.41, 5.74) is 7.68. The molecule has 0 spiro atoms. The second-order valence-corrected chi connectivity index (χ2v) is 3.92. The fourth-order valence-corrected chi connectivity index (χ4v) is 1.60. The van der Waals surface area contributed by atoms with Crippen molar-refractivity contribution in [1.29, 1.82) is 0 Å². The van der Waals surface area contributed by atoms with E-state index in [9.17, 15) is 0 Å². The largest absolute Gasteiger partial charge is 0.486 e. The lowest BCUT2D eigenvalue weighted by Gasteiger charge is -2.07. The molecule has 6 heteroatoms. The van der Waals surface area contributed by atoms with E-state index in [1.807, 2.05) is 18.2 Å². The number of nitrogens with one attached hydrogen (secondary N) is 1. The van der Waals surface area contributed by atoms with Gasteiger partial charge >= 0.3 is 0 Å². The van der Waals surface area contributed by atoms with Gasteiger partial charge in [0.25, 0.3) is 0 Å². The van der Waals surface area contributed by atoms with E-state index in [1.54, 1.807) is 18.2 Å². The summed E-state index contributed by atoms with van der Waals surface area (Å²) in [5.74, 6) is 0.873. The average molecular weight is 269 g/mol. The van der Waals surface area contributed by atoms with Gasteiger partial charge in [-0.1, -0.05) is 48.8 Å². The number of nitrogens with zero attached hydrogens (tertiary/aromatic N) is 3. The third-order valence-corrected chi connectivity index (χ3v) is 2.46. The molecule has 0 fully saturated rings. The topological polar surface area (TPSA) is 89.7 Å². The van der Waals surface area contributed by atoms with E-state index in [4.69, 9.17) is 10.5 Å². The van der Waals surface area contributed by atoms with Crippen molar-refractivity contribution in [3.05, 3.63) is 55.2 Å². The number of nitrogen functional groups attached to an aromatic ring is 1. The molecule has 2 aromatic heterocycles. The molecule has 0 amide bonds. The van der Waals surface area contributed by atoms with Crippen molar-refractivity contribution in [2.45, 2.75) is 0 Å². The Labute approximate surface area is 116 Å². The average Bonchev–Trinajstić information content (AvgIpc) is 2.89. The highest BCUT2D eigenvalue weighted by Gasteiger charge is 2.09. The lowest BCUT2D eigenvalue weighted by molar-refractivity contribution is 0.359. The normalized spacial score (nSPS) is 11.9. The van der Waals surface area contributed by atoms with Crippen LogP contribution in [0.1, 0.15) is 0 Å². The number of H-pyrrole nitrogens is 1. The van der Waals surface area contributed by atoms with E-state index >= 15 is 0 Å². The van der Waals surface area contributed by atoms with E-state index in [-0.39, 0.29) is 0 Å². The molecule has 6 nitrogen and oxygen atoms in total. The van der Waals surface area contributed by atoms with Crippen LogP contribution in [0.25, 0.3) is 11.2 Å². The predicted octanol–water partition coefficient (Wildman–Crippen LogP) is 2.17. The maximum absolute atomic E-state index is 5.73. The molecule has 0 saturated heterocycles. The maximum atomic E-state index is 5.73. The molecule has 0 radical (unpaired) electrons. The quantitative estimate of drug-likeness (QED) is 0.784. The van der Waals surface area contributed by atoms with Crippen LogP contribution < -0.4 is 10.5 Å². The van der Waals surface area contributed by atoms with Gasteiger partial charge in [0.1, 0.15) is 12.4 Å². The Morgan fingerprint density at radius 3 is 3.00 bits per heavy atom. The molecular weight excluding hydrogens is 254 g/mol. The summed E-state index contributed by atoms with van der Waals surface area (Å²) >= 11 is 0. The molecule has 0 aromatic carbocycles. The first-order chi connectivity index (χ1) is 9.74. The Kier molecular flexibility index (Phi) is 4.28. The summed E-state index contributed by atoms with van der Waals surface area (Å²) < 4.78 is 5.73. The number of allylic oxidation sites excluding steroid dienone is 4. The predicted molar refractivity (Wildman–Crippen MR) is 79.2 cm³/mol. The second kappa shape index (κ2) is 6.33. The van der Waals surface area contributed by atoms with Crippen LogP contribution in [-0.4, -0.2) is 27.0 Å². The van der Waals surface area contributed by atoms with E-state index in [2.05, 4.69) is 33.6 Å². The third-order valence-electron chi connectivity index (χ3n) is 2.46. The second-order valence-electron chi connectivity index (χ2n) is 3.92. The Hall–Kier alpha value is -2.89. The van der Waals surface area contributed by atoms with Gasteiger partial charge in [-0.05, 0) is 5.57 Å².